The highest BCUT2D eigenvalue weighted by molar-refractivity contribution is 5.77. The third-order valence-electron chi connectivity index (χ3n) is 3.71. The standard InChI is InChI=1S/C16H24N2O2/c1-13(14-5-3-2-4-6-14)11-18-16(19)12-20-15-7-9-17-10-8-15/h2-6,13,15,17H,7-12H2,1H3,(H,18,19). The van der Waals surface area contributed by atoms with E-state index < -0.39 is 0 Å². The summed E-state index contributed by atoms with van der Waals surface area (Å²) in [6, 6.07) is 10.2. The van der Waals surface area contributed by atoms with Gasteiger partial charge in [-0.25, -0.2) is 0 Å². The summed E-state index contributed by atoms with van der Waals surface area (Å²) in [5.74, 6) is 0.297. The lowest BCUT2D eigenvalue weighted by Crippen LogP contribution is -2.36. The molecule has 1 amide bonds. The van der Waals surface area contributed by atoms with Crippen LogP contribution in [0.2, 0.25) is 0 Å². The SMILES string of the molecule is CC(CNC(=O)COC1CCNCC1)c1ccccc1. The molecule has 20 heavy (non-hydrogen) atoms. The molecule has 0 radical (unpaired) electrons. The molecule has 1 saturated heterocycles. The topological polar surface area (TPSA) is 50.4 Å². The second-order valence-electron chi connectivity index (χ2n) is 5.38. The van der Waals surface area contributed by atoms with Gasteiger partial charge in [-0.1, -0.05) is 37.3 Å². The first-order chi connectivity index (χ1) is 9.75. The van der Waals surface area contributed by atoms with Crippen LogP contribution in [0.15, 0.2) is 30.3 Å². The zero-order valence-corrected chi connectivity index (χ0v) is 12.1. The molecule has 2 rings (SSSR count). The number of piperidine rings is 1. The molecule has 2 N–H and O–H groups in total. The number of ether oxygens (including phenoxy) is 1. The van der Waals surface area contributed by atoms with Crippen molar-refractivity contribution in [1.82, 2.24) is 10.6 Å². The quantitative estimate of drug-likeness (QED) is 0.831. The van der Waals surface area contributed by atoms with Crippen LogP contribution >= 0.6 is 0 Å². The van der Waals surface area contributed by atoms with E-state index in [1.54, 1.807) is 0 Å². The van der Waals surface area contributed by atoms with Gasteiger partial charge in [0.15, 0.2) is 0 Å². The Hall–Kier alpha value is -1.39. The second kappa shape index (κ2) is 8.02. The summed E-state index contributed by atoms with van der Waals surface area (Å²) in [4.78, 5) is 11.8. The smallest absolute Gasteiger partial charge is 0.246 e. The maximum Gasteiger partial charge on any atom is 0.246 e. The molecular formula is C16H24N2O2. The lowest BCUT2D eigenvalue weighted by Gasteiger charge is -2.22. The van der Waals surface area contributed by atoms with Gasteiger partial charge >= 0.3 is 0 Å². The number of rotatable bonds is 6. The van der Waals surface area contributed by atoms with E-state index in [0.29, 0.717) is 12.5 Å². The van der Waals surface area contributed by atoms with Crippen LogP contribution in [0.4, 0.5) is 0 Å². The predicted octanol–water partition coefficient (Wildman–Crippen LogP) is 1.67. The fourth-order valence-electron chi connectivity index (χ4n) is 2.37. The number of carbonyl (C=O) groups excluding carboxylic acids is 1. The van der Waals surface area contributed by atoms with Crippen LogP contribution < -0.4 is 10.6 Å². The Kier molecular flexibility index (Phi) is 6.02. The molecule has 0 bridgehead atoms. The largest absolute Gasteiger partial charge is 0.368 e. The van der Waals surface area contributed by atoms with Crippen LogP contribution in [0.25, 0.3) is 0 Å². The van der Waals surface area contributed by atoms with E-state index >= 15 is 0 Å². The van der Waals surface area contributed by atoms with Gasteiger partial charge in [0.2, 0.25) is 5.91 Å². The fourth-order valence-corrected chi connectivity index (χ4v) is 2.37. The molecule has 0 saturated carbocycles. The van der Waals surface area contributed by atoms with Crippen molar-refractivity contribution >= 4 is 5.91 Å². The van der Waals surface area contributed by atoms with Crippen molar-refractivity contribution in [3.8, 4) is 0 Å². The van der Waals surface area contributed by atoms with Crippen LogP contribution in [-0.4, -0.2) is 38.3 Å². The van der Waals surface area contributed by atoms with E-state index in [1.807, 2.05) is 18.2 Å². The molecular weight excluding hydrogens is 252 g/mol. The van der Waals surface area contributed by atoms with Gasteiger partial charge in [-0.2, -0.15) is 0 Å². The Morgan fingerprint density at radius 1 is 1.35 bits per heavy atom. The lowest BCUT2D eigenvalue weighted by atomic mass is 10.0. The molecule has 1 unspecified atom stereocenters. The summed E-state index contributed by atoms with van der Waals surface area (Å²) in [6.07, 6.45) is 2.22. The summed E-state index contributed by atoms with van der Waals surface area (Å²) >= 11 is 0. The van der Waals surface area contributed by atoms with Crippen molar-refractivity contribution in [3.05, 3.63) is 35.9 Å². The van der Waals surface area contributed by atoms with Gasteiger partial charge in [0.05, 0.1) is 6.10 Å². The summed E-state index contributed by atoms with van der Waals surface area (Å²) in [5.41, 5.74) is 1.24. The van der Waals surface area contributed by atoms with Gasteiger partial charge in [-0.05, 0) is 37.4 Å². The van der Waals surface area contributed by atoms with Crippen molar-refractivity contribution in [2.75, 3.05) is 26.2 Å². The maximum absolute atomic E-state index is 11.8. The summed E-state index contributed by atoms with van der Waals surface area (Å²) in [5, 5.41) is 6.22. The number of carbonyl (C=O) groups is 1. The predicted molar refractivity (Wildman–Crippen MR) is 79.7 cm³/mol. The molecule has 1 fully saturated rings. The zero-order valence-electron chi connectivity index (χ0n) is 12.1. The maximum atomic E-state index is 11.8. The van der Waals surface area contributed by atoms with E-state index in [9.17, 15) is 4.79 Å². The Balaban J connectivity index is 1.64. The van der Waals surface area contributed by atoms with Gasteiger partial charge in [0, 0.05) is 6.54 Å². The van der Waals surface area contributed by atoms with Crippen molar-refractivity contribution < 1.29 is 9.53 Å². The highest BCUT2D eigenvalue weighted by Crippen LogP contribution is 2.13. The summed E-state index contributed by atoms with van der Waals surface area (Å²) < 4.78 is 5.63. The number of amides is 1. The van der Waals surface area contributed by atoms with Crippen LogP contribution in [0.5, 0.6) is 0 Å². The molecule has 0 spiro atoms. The number of nitrogens with one attached hydrogen (secondary N) is 2. The van der Waals surface area contributed by atoms with Crippen molar-refractivity contribution in [2.24, 2.45) is 0 Å². The van der Waals surface area contributed by atoms with E-state index in [4.69, 9.17) is 4.74 Å². The van der Waals surface area contributed by atoms with Crippen LogP contribution in [0.3, 0.4) is 0 Å². The van der Waals surface area contributed by atoms with Gasteiger partial charge < -0.3 is 15.4 Å². The van der Waals surface area contributed by atoms with E-state index in [-0.39, 0.29) is 18.6 Å². The average Bonchev–Trinajstić information content (AvgIpc) is 2.52. The Labute approximate surface area is 120 Å². The highest BCUT2D eigenvalue weighted by Gasteiger charge is 2.15. The zero-order chi connectivity index (χ0) is 14.2. The van der Waals surface area contributed by atoms with Crippen molar-refractivity contribution in [3.63, 3.8) is 0 Å². The molecule has 4 nitrogen and oxygen atoms in total. The molecule has 1 aromatic carbocycles. The Morgan fingerprint density at radius 2 is 2.05 bits per heavy atom. The average molecular weight is 276 g/mol. The lowest BCUT2D eigenvalue weighted by molar-refractivity contribution is -0.128. The normalized spacial score (nSPS) is 17.6. The minimum Gasteiger partial charge on any atom is -0.368 e. The van der Waals surface area contributed by atoms with Crippen LogP contribution in [0.1, 0.15) is 31.2 Å². The number of hydrogen-bond acceptors (Lipinski definition) is 3. The van der Waals surface area contributed by atoms with E-state index in [1.165, 1.54) is 5.56 Å². The molecule has 0 aliphatic carbocycles. The highest BCUT2D eigenvalue weighted by atomic mass is 16.5. The number of hydrogen-bond donors (Lipinski definition) is 2. The fraction of sp³-hybridized carbons (Fsp3) is 0.562. The monoisotopic (exact) mass is 276 g/mol. The van der Waals surface area contributed by atoms with Gasteiger partial charge in [0.25, 0.3) is 0 Å². The minimum atomic E-state index is -0.0219. The van der Waals surface area contributed by atoms with Crippen molar-refractivity contribution in [2.45, 2.75) is 31.8 Å². The Bertz CT molecular complexity index is 402. The molecule has 4 heteroatoms. The van der Waals surface area contributed by atoms with Crippen LogP contribution in [0, 0.1) is 0 Å². The van der Waals surface area contributed by atoms with Crippen LogP contribution in [-0.2, 0) is 9.53 Å². The van der Waals surface area contributed by atoms with E-state index in [2.05, 4.69) is 29.7 Å². The molecule has 1 atom stereocenters. The van der Waals surface area contributed by atoms with Crippen molar-refractivity contribution in [1.29, 1.82) is 0 Å². The molecule has 1 aromatic rings. The summed E-state index contributed by atoms with van der Waals surface area (Å²) in [7, 11) is 0. The first-order valence-corrected chi connectivity index (χ1v) is 7.39. The minimum absolute atomic E-state index is 0.0219. The first-order valence-electron chi connectivity index (χ1n) is 7.39. The molecule has 1 aliphatic heterocycles. The summed E-state index contributed by atoms with van der Waals surface area (Å²) in [6.45, 7) is 4.91. The van der Waals surface area contributed by atoms with E-state index in [0.717, 1.165) is 25.9 Å². The molecule has 1 aliphatic rings. The number of benzene rings is 1. The molecule has 0 aromatic heterocycles. The first kappa shape index (κ1) is 15.0. The van der Waals surface area contributed by atoms with Gasteiger partial charge in [-0.3, -0.25) is 4.79 Å². The van der Waals surface area contributed by atoms with Gasteiger partial charge in [0.1, 0.15) is 6.61 Å². The molecule has 110 valence electrons. The third-order valence-corrected chi connectivity index (χ3v) is 3.71. The van der Waals surface area contributed by atoms with Gasteiger partial charge in [-0.15, -0.1) is 0 Å². The third kappa shape index (κ3) is 4.94. The Morgan fingerprint density at radius 3 is 2.75 bits per heavy atom. The second-order valence-corrected chi connectivity index (χ2v) is 5.38. The molecule has 1 heterocycles.